The van der Waals surface area contributed by atoms with Crippen molar-refractivity contribution in [2.75, 3.05) is 0 Å². The minimum Gasteiger partial charge on any atom is -0.350 e. The van der Waals surface area contributed by atoms with Gasteiger partial charge < -0.3 is 15.2 Å². The maximum atomic E-state index is 12.6. The number of nitrogens with zero attached hydrogens (tertiary/aromatic N) is 2. The lowest BCUT2D eigenvalue weighted by molar-refractivity contribution is -0.121. The number of aromatic nitrogens is 2. The molecule has 29 heavy (non-hydrogen) atoms. The Kier molecular flexibility index (Phi) is 6.52. The molecule has 0 unspecified atom stereocenters. The summed E-state index contributed by atoms with van der Waals surface area (Å²) in [6.45, 7) is 2.29. The maximum absolute atomic E-state index is 12.6. The van der Waals surface area contributed by atoms with Crippen molar-refractivity contribution in [2.24, 2.45) is 0 Å². The van der Waals surface area contributed by atoms with Gasteiger partial charge in [0.15, 0.2) is 0 Å². The fourth-order valence-electron chi connectivity index (χ4n) is 2.81. The van der Waals surface area contributed by atoms with Crippen molar-refractivity contribution in [2.45, 2.75) is 26.6 Å². The predicted octanol–water partition coefficient (Wildman–Crippen LogP) is 1.80. The van der Waals surface area contributed by atoms with E-state index in [1.807, 2.05) is 49.4 Å². The van der Waals surface area contributed by atoms with E-state index in [1.165, 1.54) is 16.8 Å². The van der Waals surface area contributed by atoms with Crippen LogP contribution in [0.15, 0.2) is 71.7 Å². The Morgan fingerprint density at radius 1 is 0.931 bits per heavy atom. The first kappa shape index (κ1) is 20.0. The van der Waals surface area contributed by atoms with Gasteiger partial charge in [-0.3, -0.25) is 19.4 Å². The average Bonchev–Trinajstić information content (AvgIpc) is 2.73. The second kappa shape index (κ2) is 9.45. The van der Waals surface area contributed by atoms with Crippen molar-refractivity contribution >= 4 is 11.8 Å². The van der Waals surface area contributed by atoms with Crippen LogP contribution in [0, 0.1) is 6.92 Å². The van der Waals surface area contributed by atoms with Gasteiger partial charge in [0, 0.05) is 18.4 Å². The first-order valence-electron chi connectivity index (χ1n) is 9.24. The van der Waals surface area contributed by atoms with Crippen molar-refractivity contribution < 1.29 is 9.59 Å². The number of nitrogens with one attached hydrogen (secondary N) is 2. The van der Waals surface area contributed by atoms with Gasteiger partial charge in [0.05, 0.1) is 12.2 Å². The first-order chi connectivity index (χ1) is 14.0. The minimum absolute atomic E-state index is 0.0176. The molecule has 0 radical (unpaired) electrons. The average molecular weight is 390 g/mol. The molecule has 0 atom stereocenters. The van der Waals surface area contributed by atoms with Crippen LogP contribution in [0.1, 0.15) is 27.3 Å². The Hall–Kier alpha value is -3.74. The van der Waals surface area contributed by atoms with E-state index in [-0.39, 0.29) is 24.6 Å². The molecule has 0 aliphatic carbocycles. The van der Waals surface area contributed by atoms with E-state index in [0.717, 1.165) is 11.3 Å². The van der Waals surface area contributed by atoms with E-state index >= 15 is 0 Å². The molecule has 148 valence electrons. The summed E-state index contributed by atoms with van der Waals surface area (Å²) in [5.41, 5.74) is 1.98. The molecule has 0 fully saturated rings. The van der Waals surface area contributed by atoms with Gasteiger partial charge in [0.1, 0.15) is 12.1 Å². The van der Waals surface area contributed by atoms with Gasteiger partial charge in [-0.25, -0.2) is 0 Å². The van der Waals surface area contributed by atoms with Crippen molar-refractivity contribution in [3.63, 3.8) is 0 Å². The molecule has 2 amide bonds. The zero-order valence-corrected chi connectivity index (χ0v) is 16.1. The summed E-state index contributed by atoms with van der Waals surface area (Å²) >= 11 is 0. The van der Waals surface area contributed by atoms with Crippen LogP contribution >= 0.6 is 0 Å². The van der Waals surface area contributed by atoms with Crippen molar-refractivity contribution in [1.82, 2.24) is 20.2 Å². The Labute approximate surface area is 168 Å². The smallest absolute Gasteiger partial charge is 0.263 e. The topological polar surface area (TPSA) is 93.1 Å². The Morgan fingerprint density at radius 2 is 1.72 bits per heavy atom. The molecular formula is C22H22N4O3. The third-order valence-corrected chi connectivity index (χ3v) is 4.29. The number of aryl methyl sites for hydroxylation is 1. The summed E-state index contributed by atoms with van der Waals surface area (Å²) in [6.07, 6.45) is 1.49. The molecule has 0 bridgehead atoms. The molecule has 7 heteroatoms. The van der Waals surface area contributed by atoms with Crippen LogP contribution in [-0.2, 0) is 24.4 Å². The number of carbonyl (C=O) groups is 2. The van der Waals surface area contributed by atoms with Gasteiger partial charge in [-0.2, -0.15) is 0 Å². The van der Waals surface area contributed by atoms with Crippen molar-refractivity contribution in [1.29, 1.82) is 0 Å². The number of amides is 2. The number of hydrogen-bond donors (Lipinski definition) is 2. The molecule has 1 aromatic carbocycles. The van der Waals surface area contributed by atoms with Crippen LogP contribution in [0.4, 0.5) is 0 Å². The summed E-state index contributed by atoms with van der Waals surface area (Å²) < 4.78 is 1.22. The second-order valence-corrected chi connectivity index (χ2v) is 6.57. The monoisotopic (exact) mass is 390 g/mol. The largest absolute Gasteiger partial charge is 0.350 e. The lowest BCUT2D eigenvalue weighted by Gasteiger charge is -2.10. The van der Waals surface area contributed by atoms with Crippen LogP contribution in [0.3, 0.4) is 0 Å². The maximum Gasteiger partial charge on any atom is 0.263 e. The molecule has 3 aromatic rings. The number of benzene rings is 1. The van der Waals surface area contributed by atoms with Gasteiger partial charge in [-0.1, -0.05) is 36.4 Å². The van der Waals surface area contributed by atoms with Crippen molar-refractivity contribution in [3.05, 3.63) is 99.7 Å². The molecule has 2 heterocycles. The molecule has 7 nitrogen and oxygen atoms in total. The fraction of sp³-hybridized carbons (Fsp3) is 0.182. The van der Waals surface area contributed by atoms with Crippen LogP contribution in [0.25, 0.3) is 0 Å². The molecule has 2 N–H and O–H groups in total. The van der Waals surface area contributed by atoms with Gasteiger partial charge in [0.25, 0.3) is 11.5 Å². The highest BCUT2D eigenvalue weighted by atomic mass is 16.2. The van der Waals surface area contributed by atoms with E-state index < -0.39 is 11.5 Å². The third-order valence-electron chi connectivity index (χ3n) is 4.29. The SMILES string of the molecule is Cc1cccc(CNC(=O)c2cccn(CC(=O)NCc3ccccc3)c2=O)n1. The highest BCUT2D eigenvalue weighted by Gasteiger charge is 2.13. The van der Waals surface area contributed by atoms with E-state index in [9.17, 15) is 14.4 Å². The van der Waals surface area contributed by atoms with Gasteiger partial charge in [0.2, 0.25) is 5.91 Å². The van der Waals surface area contributed by atoms with Crippen LogP contribution in [0.5, 0.6) is 0 Å². The molecule has 0 saturated carbocycles. The molecule has 0 aliphatic heterocycles. The van der Waals surface area contributed by atoms with Crippen LogP contribution in [0.2, 0.25) is 0 Å². The standard InChI is InChI=1S/C22H22N4O3/c1-16-7-5-10-18(25-16)14-24-21(28)19-11-6-12-26(22(19)29)15-20(27)23-13-17-8-3-2-4-9-17/h2-12H,13-15H2,1H3,(H,23,27)(H,24,28). The summed E-state index contributed by atoms with van der Waals surface area (Å²) in [5.74, 6) is -0.810. The number of carbonyl (C=O) groups excluding carboxylic acids is 2. The summed E-state index contributed by atoms with van der Waals surface area (Å²) in [7, 11) is 0. The van der Waals surface area contributed by atoms with Crippen molar-refractivity contribution in [3.8, 4) is 0 Å². The van der Waals surface area contributed by atoms with Gasteiger partial charge in [-0.15, -0.1) is 0 Å². The number of pyridine rings is 2. The molecule has 0 aliphatic rings. The predicted molar refractivity (Wildman–Crippen MR) is 109 cm³/mol. The van der Waals surface area contributed by atoms with Gasteiger partial charge >= 0.3 is 0 Å². The Morgan fingerprint density at radius 3 is 2.48 bits per heavy atom. The van der Waals surface area contributed by atoms with E-state index in [0.29, 0.717) is 12.2 Å². The zero-order valence-electron chi connectivity index (χ0n) is 16.1. The summed E-state index contributed by atoms with van der Waals surface area (Å²) in [4.78, 5) is 41.5. The Balaban J connectivity index is 1.61. The molecule has 0 spiro atoms. The zero-order chi connectivity index (χ0) is 20.6. The van der Waals surface area contributed by atoms with E-state index in [2.05, 4.69) is 15.6 Å². The van der Waals surface area contributed by atoms with Gasteiger partial charge in [-0.05, 0) is 36.8 Å². The normalized spacial score (nSPS) is 10.4. The van der Waals surface area contributed by atoms with Crippen LogP contribution < -0.4 is 16.2 Å². The minimum atomic E-state index is -0.517. The molecule has 3 rings (SSSR count). The quantitative estimate of drug-likeness (QED) is 0.643. The van der Waals surface area contributed by atoms with Crippen LogP contribution in [-0.4, -0.2) is 21.4 Å². The lowest BCUT2D eigenvalue weighted by atomic mass is 10.2. The number of hydrogen-bond acceptors (Lipinski definition) is 4. The fourth-order valence-corrected chi connectivity index (χ4v) is 2.81. The second-order valence-electron chi connectivity index (χ2n) is 6.57. The summed E-state index contributed by atoms with van der Waals surface area (Å²) in [6, 6.07) is 18.0. The molecule has 0 saturated heterocycles. The number of rotatable bonds is 7. The molecular weight excluding hydrogens is 368 g/mol. The third kappa shape index (κ3) is 5.62. The first-order valence-corrected chi connectivity index (χ1v) is 9.24. The summed E-state index contributed by atoms with van der Waals surface area (Å²) in [5, 5.41) is 5.46. The lowest BCUT2D eigenvalue weighted by Crippen LogP contribution is -2.36. The highest BCUT2D eigenvalue weighted by Crippen LogP contribution is 2.00. The van der Waals surface area contributed by atoms with E-state index in [4.69, 9.17) is 0 Å². The molecule has 2 aromatic heterocycles. The van der Waals surface area contributed by atoms with E-state index in [1.54, 1.807) is 12.1 Å². The highest BCUT2D eigenvalue weighted by molar-refractivity contribution is 5.93. The Bertz CT molecular complexity index is 1060.